The minimum absolute atomic E-state index is 0.171. The molecule has 2 aromatic carbocycles. The van der Waals surface area contributed by atoms with E-state index in [4.69, 9.17) is 9.72 Å². The molecule has 0 amide bonds. The van der Waals surface area contributed by atoms with Gasteiger partial charge in [0.2, 0.25) is 0 Å². The Kier molecular flexibility index (Phi) is 4.61. The number of benzene rings is 2. The Morgan fingerprint density at radius 2 is 1.71 bits per heavy atom. The smallest absolute Gasteiger partial charge is 0.119 e. The molecule has 0 fully saturated rings. The first-order valence-electron chi connectivity index (χ1n) is 8.66. The Morgan fingerprint density at radius 3 is 2.38 bits per heavy atom. The minimum atomic E-state index is 0.171. The van der Waals surface area contributed by atoms with Crippen LogP contribution in [0.15, 0.2) is 48.5 Å². The molecule has 0 aliphatic heterocycles. The molecule has 1 heterocycles. The van der Waals surface area contributed by atoms with E-state index in [0.717, 1.165) is 30.1 Å². The van der Waals surface area contributed by atoms with Crippen molar-refractivity contribution in [3.63, 3.8) is 0 Å². The van der Waals surface area contributed by atoms with Crippen LogP contribution in [-0.4, -0.2) is 16.2 Å². The van der Waals surface area contributed by atoms with Crippen LogP contribution in [0.2, 0.25) is 0 Å². The highest BCUT2D eigenvalue weighted by Crippen LogP contribution is 2.24. The van der Waals surface area contributed by atoms with Gasteiger partial charge in [-0.2, -0.15) is 0 Å². The summed E-state index contributed by atoms with van der Waals surface area (Å²) in [7, 11) is 0. The largest absolute Gasteiger partial charge is 0.492 e. The Hall–Kier alpha value is -2.29. The average Bonchev–Trinajstić information content (AvgIpc) is 2.93. The molecule has 0 atom stereocenters. The highest BCUT2D eigenvalue weighted by molar-refractivity contribution is 5.75. The molecule has 0 aliphatic rings. The second-order valence-electron chi connectivity index (χ2n) is 7.14. The summed E-state index contributed by atoms with van der Waals surface area (Å²) < 4.78 is 8.21. The molecule has 0 radical (unpaired) electrons. The van der Waals surface area contributed by atoms with Crippen molar-refractivity contribution in [2.45, 2.75) is 46.1 Å². The maximum absolute atomic E-state index is 5.95. The van der Waals surface area contributed by atoms with E-state index in [9.17, 15) is 0 Å². The van der Waals surface area contributed by atoms with Crippen molar-refractivity contribution in [3.8, 4) is 5.75 Å². The molecule has 0 N–H and O–H groups in total. The minimum Gasteiger partial charge on any atom is -0.492 e. The van der Waals surface area contributed by atoms with Crippen LogP contribution in [0.4, 0.5) is 0 Å². The number of aromatic nitrogens is 2. The van der Waals surface area contributed by atoms with Gasteiger partial charge in [-0.15, -0.1) is 0 Å². The Morgan fingerprint density at radius 1 is 1.00 bits per heavy atom. The fraction of sp³-hybridized carbons (Fsp3) is 0.381. The Labute approximate surface area is 144 Å². The Bertz CT molecular complexity index is 810. The van der Waals surface area contributed by atoms with E-state index in [2.05, 4.69) is 74.7 Å². The van der Waals surface area contributed by atoms with Crippen LogP contribution in [0.5, 0.6) is 5.75 Å². The molecule has 0 saturated carbocycles. The van der Waals surface area contributed by atoms with Gasteiger partial charge in [0.15, 0.2) is 0 Å². The number of imidazole rings is 1. The third kappa shape index (κ3) is 3.45. The number of fused-ring (bicyclic) bond motifs is 1. The van der Waals surface area contributed by atoms with E-state index in [1.807, 2.05) is 6.07 Å². The SMILES string of the molecule is CCc1nc2ccccc2n1CCOc1ccc(C(C)(C)C)cc1. The molecule has 0 spiro atoms. The molecule has 3 aromatic rings. The summed E-state index contributed by atoms with van der Waals surface area (Å²) in [5, 5.41) is 0. The lowest BCUT2D eigenvalue weighted by Gasteiger charge is -2.19. The van der Waals surface area contributed by atoms with Gasteiger partial charge in [-0.3, -0.25) is 0 Å². The van der Waals surface area contributed by atoms with Crippen molar-refractivity contribution in [2.24, 2.45) is 0 Å². The summed E-state index contributed by atoms with van der Waals surface area (Å²) in [6.45, 7) is 10.3. The number of aryl methyl sites for hydroxylation is 1. The fourth-order valence-electron chi connectivity index (χ4n) is 2.95. The first kappa shape index (κ1) is 16.6. The van der Waals surface area contributed by atoms with Gasteiger partial charge < -0.3 is 9.30 Å². The van der Waals surface area contributed by atoms with Gasteiger partial charge in [0.05, 0.1) is 17.6 Å². The van der Waals surface area contributed by atoms with Crippen molar-refractivity contribution in [1.82, 2.24) is 9.55 Å². The topological polar surface area (TPSA) is 27.1 Å². The summed E-state index contributed by atoms with van der Waals surface area (Å²) >= 11 is 0. The lowest BCUT2D eigenvalue weighted by Crippen LogP contribution is -2.12. The molecule has 0 aliphatic carbocycles. The highest BCUT2D eigenvalue weighted by atomic mass is 16.5. The van der Waals surface area contributed by atoms with Crippen LogP contribution in [0.25, 0.3) is 11.0 Å². The van der Waals surface area contributed by atoms with Gasteiger partial charge in [0.25, 0.3) is 0 Å². The zero-order valence-corrected chi connectivity index (χ0v) is 15.0. The zero-order chi connectivity index (χ0) is 17.2. The van der Waals surface area contributed by atoms with Gasteiger partial charge in [0, 0.05) is 6.42 Å². The van der Waals surface area contributed by atoms with Gasteiger partial charge >= 0.3 is 0 Å². The van der Waals surface area contributed by atoms with Crippen LogP contribution in [0.3, 0.4) is 0 Å². The van der Waals surface area contributed by atoms with Gasteiger partial charge in [-0.1, -0.05) is 52.0 Å². The number of hydrogen-bond donors (Lipinski definition) is 0. The number of hydrogen-bond acceptors (Lipinski definition) is 2. The molecule has 0 unspecified atom stereocenters. The van der Waals surface area contributed by atoms with Crippen LogP contribution in [0.1, 0.15) is 39.1 Å². The summed E-state index contributed by atoms with van der Waals surface area (Å²) in [4.78, 5) is 4.70. The number of para-hydroxylation sites is 2. The van der Waals surface area contributed by atoms with Crippen LogP contribution >= 0.6 is 0 Å². The molecule has 0 saturated heterocycles. The summed E-state index contributed by atoms with van der Waals surface area (Å²) in [6.07, 6.45) is 0.926. The molecular weight excluding hydrogens is 296 g/mol. The second-order valence-corrected chi connectivity index (χ2v) is 7.14. The van der Waals surface area contributed by atoms with E-state index >= 15 is 0 Å². The predicted octanol–water partition coefficient (Wildman–Crippen LogP) is 4.98. The van der Waals surface area contributed by atoms with E-state index in [1.54, 1.807) is 0 Å². The van der Waals surface area contributed by atoms with Crippen molar-refractivity contribution >= 4 is 11.0 Å². The van der Waals surface area contributed by atoms with Crippen LogP contribution < -0.4 is 4.74 Å². The molecule has 3 nitrogen and oxygen atoms in total. The first-order chi connectivity index (χ1) is 11.5. The van der Waals surface area contributed by atoms with Crippen molar-refractivity contribution in [2.75, 3.05) is 6.61 Å². The van der Waals surface area contributed by atoms with Crippen molar-refractivity contribution in [1.29, 1.82) is 0 Å². The van der Waals surface area contributed by atoms with Crippen LogP contribution in [0, 0.1) is 0 Å². The van der Waals surface area contributed by atoms with Gasteiger partial charge in [0.1, 0.15) is 18.2 Å². The monoisotopic (exact) mass is 322 g/mol. The van der Waals surface area contributed by atoms with E-state index < -0.39 is 0 Å². The maximum atomic E-state index is 5.95. The third-order valence-corrected chi connectivity index (χ3v) is 4.35. The van der Waals surface area contributed by atoms with E-state index in [-0.39, 0.29) is 5.41 Å². The van der Waals surface area contributed by atoms with Crippen molar-refractivity contribution in [3.05, 3.63) is 59.9 Å². The fourth-order valence-corrected chi connectivity index (χ4v) is 2.95. The summed E-state index contributed by atoms with van der Waals surface area (Å²) in [5.41, 5.74) is 3.73. The quantitative estimate of drug-likeness (QED) is 0.663. The standard InChI is InChI=1S/C21H26N2O/c1-5-20-22-18-8-6-7-9-19(18)23(20)14-15-24-17-12-10-16(11-13-17)21(2,3)4/h6-13H,5,14-15H2,1-4H3. The first-order valence-corrected chi connectivity index (χ1v) is 8.66. The molecule has 126 valence electrons. The van der Waals surface area contributed by atoms with E-state index in [1.165, 1.54) is 11.1 Å². The second kappa shape index (κ2) is 6.68. The number of nitrogens with zero attached hydrogens (tertiary/aromatic N) is 2. The zero-order valence-electron chi connectivity index (χ0n) is 15.0. The van der Waals surface area contributed by atoms with Gasteiger partial charge in [-0.25, -0.2) is 4.98 Å². The van der Waals surface area contributed by atoms with Crippen LogP contribution in [-0.2, 0) is 18.4 Å². The molecule has 3 rings (SSSR count). The molecule has 1 aromatic heterocycles. The van der Waals surface area contributed by atoms with E-state index in [0.29, 0.717) is 6.61 Å². The Balaban J connectivity index is 1.68. The lowest BCUT2D eigenvalue weighted by atomic mass is 9.87. The normalized spacial score (nSPS) is 11.8. The summed E-state index contributed by atoms with van der Waals surface area (Å²) in [5.74, 6) is 2.04. The van der Waals surface area contributed by atoms with Crippen molar-refractivity contribution < 1.29 is 4.74 Å². The molecule has 24 heavy (non-hydrogen) atoms. The molecule has 0 bridgehead atoms. The number of ether oxygens (including phenoxy) is 1. The highest BCUT2D eigenvalue weighted by Gasteiger charge is 2.13. The molecular formula is C21H26N2O. The third-order valence-electron chi connectivity index (χ3n) is 4.35. The summed E-state index contributed by atoms with van der Waals surface area (Å²) in [6, 6.07) is 16.7. The lowest BCUT2D eigenvalue weighted by molar-refractivity contribution is 0.298. The van der Waals surface area contributed by atoms with Gasteiger partial charge in [-0.05, 0) is 35.2 Å². The average molecular weight is 322 g/mol. The maximum Gasteiger partial charge on any atom is 0.119 e. The predicted molar refractivity (Wildman–Crippen MR) is 99.7 cm³/mol. The number of rotatable bonds is 5. The molecule has 3 heteroatoms.